The fraction of sp³-hybridized carbons (Fsp3) is 0. The molecule has 0 spiro atoms. The summed E-state index contributed by atoms with van der Waals surface area (Å²) in [4.78, 5) is 2.33. The Kier molecular flexibility index (Phi) is 8.55. The first-order chi connectivity index (χ1) is 27.7. The van der Waals surface area contributed by atoms with Gasteiger partial charge >= 0.3 is 0 Å². The summed E-state index contributed by atoms with van der Waals surface area (Å²) in [5, 5.41) is 3.61. The molecule has 0 atom stereocenters. The summed E-state index contributed by atoms with van der Waals surface area (Å²) in [5.74, 6) is 0.879. The van der Waals surface area contributed by atoms with Crippen molar-refractivity contribution in [2.75, 3.05) is 4.90 Å². The molecule has 0 bridgehead atoms. The lowest BCUT2D eigenvalue weighted by Gasteiger charge is -2.26. The zero-order chi connectivity index (χ0) is 37.3. The van der Waals surface area contributed by atoms with Crippen molar-refractivity contribution in [2.45, 2.75) is 0 Å². The molecule has 10 rings (SSSR count). The maximum absolute atomic E-state index is 6.27. The lowest BCUT2D eigenvalue weighted by molar-refractivity contribution is 0.632. The van der Waals surface area contributed by atoms with E-state index < -0.39 is 0 Å². The molecule has 9 aromatic carbocycles. The topological polar surface area (TPSA) is 16.4 Å². The first kappa shape index (κ1) is 33.2. The Hall–Kier alpha value is -7.42. The van der Waals surface area contributed by atoms with Crippen molar-refractivity contribution in [2.24, 2.45) is 0 Å². The number of para-hydroxylation sites is 1. The normalized spacial score (nSPS) is 11.2. The van der Waals surface area contributed by atoms with Gasteiger partial charge in [0.05, 0.1) is 0 Å². The van der Waals surface area contributed by atoms with Gasteiger partial charge in [-0.3, -0.25) is 0 Å². The third kappa shape index (κ3) is 6.44. The van der Waals surface area contributed by atoms with Gasteiger partial charge in [-0.05, 0) is 110 Å². The molecule has 0 saturated carbocycles. The van der Waals surface area contributed by atoms with Crippen molar-refractivity contribution >= 4 is 38.8 Å². The molecule has 0 aliphatic carbocycles. The SMILES string of the molecule is c1ccc(-c2ccc(N(c3ccc(-c4ccc(-c5ccccc5-c5cc6ccccc6o5)cc4)cc3)c3ccc(-c4ccc5ccccc5c4)cc3)cc2)cc1. The van der Waals surface area contributed by atoms with Crippen LogP contribution in [0.4, 0.5) is 17.1 Å². The van der Waals surface area contributed by atoms with E-state index in [9.17, 15) is 0 Å². The van der Waals surface area contributed by atoms with E-state index in [-0.39, 0.29) is 0 Å². The summed E-state index contributed by atoms with van der Waals surface area (Å²) in [6.07, 6.45) is 0. The Labute approximate surface area is 327 Å². The predicted molar refractivity (Wildman–Crippen MR) is 236 cm³/mol. The number of hydrogen-bond acceptors (Lipinski definition) is 2. The first-order valence-corrected chi connectivity index (χ1v) is 19.1. The molecule has 0 fully saturated rings. The Morgan fingerprint density at radius 1 is 0.268 bits per heavy atom. The van der Waals surface area contributed by atoms with Crippen LogP contribution in [0.15, 0.2) is 229 Å². The van der Waals surface area contributed by atoms with Gasteiger partial charge < -0.3 is 9.32 Å². The molecule has 2 nitrogen and oxygen atoms in total. The number of hydrogen-bond donors (Lipinski definition) is 0. The highest BCUT2D eigenvalue weighted by Gasteiger charge is 2.15. The zero-order valence-electron chi connectivity index (χ0n) is 30.7. The van der Waals surface area contributed by atoms with Crippen molar-refractivity contribution in [3.63, 3.8) is 0 Å². The van der Waals surface area contributed by atoms with Gasteiger partial charge in [0.15, 0.2) is 0 Å². The fourth-order valence-corrected chi connectivity index (χ4v) is 7.76. The molecule has 264 valence electrons. The molecule has 10 aromatic rings. The summed E-state index contributed by atoms with van der Waals surface area (Å²) >= 11 is 0. The Bertz CT molecular complexity index is 2890. The number of nitrogens with zero attached hydrogens (tertiary/aromatic N) is 1. The van der Waals surface area contributed by atoms with Crippen LogP contribution in [0.1, 0.15) is 0 Å². The highest BCUT2D eigenvalue weighted by molar-refractivity contribution is 5.90. The van der Waals surface area contributed by atoms with Crippen molar-refractivity contribution in [3.05, 3.63) is 224 Å². The standard InChI is InChI=1S/C54H37NO/c1-2-10-38(11-3-1)41-24-30-48(31-25-41)55(50-34-28-43(29-35-50)46-23-20-39-12-4-5-13-45(39)36-46)49-32-26-42(27-33-49)40-18-21-44(22-19-40)51-15-7-8-16-52(51)54-37-47-14-6-9-17-53(47)56-54/h1-37H. The van der Waals surface area contributed by atoms with Crippen molar-refractivity contribution < 1.29 is 4.42 Å². The summed E-state index contributed by atoms with van der Waals surface area (Å²) in [6, 6.07) is 80.0. The molecule has 0 N–H and O–H groups in total. The van der Waals surface area contributed by atoms with E-state index in [1.54, 1.807) is 0 Å². The molecule has 1 heterocycles. The molecule has 0 unspecified atom stereocenters. The Balaban J connectivity index is 0.961. The highest BCUT2D eigenvalue weighted by Crippen LogP contribution is 2.39. The maximum Gasteiger partial charge on any atom is 0.136 e. The smallest absolute Gasteiger partial charge is 0.136 e. The van der Waals surface area contributed by atoms with Crippen LogP contribution < -0.4 is 4.90 Å². The van der Waals surface area contributed by atoms with E-state index in [4.69, 9.17) is 4.42 Å². The second kappa shape index (κ2) is 14.4. The van der Waals surface area contributed by atoms with E-state index in [2.05, 4.69) is 211 Å². The van der Waals surface area contributed by atoms with Crippen molar-refractivity contribution in [1.82, 2.24) is 0 Å². The zero-order valence-corrected chi connectivity index (χ0v) is 30.7. The van der Waals surface area contributed by atoms with Crippen LogP contribution >= 0.6 is 0 Å². The number of benzene rings is 9. The van der Waals surface area contributed by atoms with Gasteiger partial charge in [0.1, 0.15) is 11.3 Å². The molecule has 56 heavy (non-hydrogen) atoms. The monoisotopic (exact) mass is 715 g/mol. The molecular formula is C54H37NO. The van der Waals surface area contributed by atoms with E-state index in [0.717, 1.165) is 56.0 Å². The third-order valence-electron chi connectivity index (χ3n) is 10.7. The number of rotatable bonds is 8. The van der Waals surface area contributed by atoms with Crippen LogP contribution in [-0.4, -0.2) is 0 Å². The second-order valence-electron chi connectivity index (χ2n) is 14.2. The molecule has 1 aromatic heterocycles. The largest absolute Gasteiger partial charge is 0.456 e. The maximum atomic E-state index is 6.27. The van der Waals surface area contributed by atoms with Gasteiger partial charge in [-0.15, -0.1) is 0 Å². The van der Waals surface area contributed by atoms with Gasteiger partial charge in [0.25, 0.3) is 0 Å². The van der Waals surface area contributed by atoms with E-state index >= 15 is 0 Å². The van der Waals surface area contributed by atoms with E-state index in [1.807, 2.05) is 18.2 Å². The highest BCUT2D eigenvalue weighted by atomic mass is 16.3. The minimum absolute atomic E-state index is 0.879. The van der Waals surface area contributed by atoms with Crippen LogP contribution in [0.3, 0.4) is 0 Å². The van der Waals surface area contributed by atoms with Crippen molar-refractivity contribution in [3.8, 4) is 55.8 Å². The van der Waals surface area contributed by atoms with Gasteiger partial charge in [-0.25, -0.2) is 0 Å². The van der Waals surface area contributed by atoms with E-state index in [0.29, 0.717) is 0 Å². The summed E-state index contributed by atoms with van der Waals surface area (Å²) in [7, 11) is 0. The van der Waals surface area contributed by atoms with Crippen molar-refractivity contribution in [1.29, 1.82) is 0 Å². The van der Waals surface area contributed by atoms with Gasteiger partial charge in [0, 0.05) is 28.0 Å². The molecular weight excluding hydrogens is 679 g/mol. The van der Waals surface area contributed by atoms with Crippen LogP contribution in [0, 0.1) is 0 Å². The molecule has 0 amide bonds. The Morgan fingerprint density at radius 3 is 1.30 bits per heavy atom. The average molecular weight is 716 g/mol. The molecule has 2 heteroatoms. The summed E-state index contributed by atoms with van der Waals surface area (Å²) in [6.45, 7) is 0. The van der Waals surface area contributed by atoms with Crippen LogP contribution in [0.25, 0.3) is 77.6 Å². The quantitative estimate of drug-likeness (QED) is 0.156. The van der Waals surface area contributed by atoms with Crippen LogP contribution in [0.2, 0.25) is 0 Å². The number of furan rings is 1. The molecule has 0 saturated heterocycles. The van der Waals surface area contributed by atoms with Crippen LogP contribution in [0.5, 0.6) is 0 Å². The average Bonchev–Trinajstić information content (AvgIpc) is 3.72. The number of anilines is 3. The fourth-order valence-electron chi connectivity index (χ4n) is 7.76. The third-order valence-corrected chi connectivity index (χ3v) is 10.7. The molecule has 0 aliphatic rings. The Morgan fingerprint density at radius 2 is 0.696 bits per heavy atom. The summed E-state index contributed by atoms with van der Waals surface area (Å²) < 4.78 is 6.27. The lowest BCUT2D eigenvalue weighted by atomic mass is 9.96. The second-order valence-corrected chi connectivity index (χ2v) is 14.2. The first-order valence-electron chi connectivity index (χ1n) is 19.1. The van der Waals surface area contributed by atoms with Gasteiger partial charge in [-0.2, -0.15) is 0 Å². The number of fused-ring (bicyclic) bond motifs is 2. The minimum Gasteiger partial charge on any atom is -0.456 e. The molecule has 0 radical (unpaired) electrons. The minimum atomic E-state index is 0.879. The summed E-state index contributed by atoms with van der Waals surface area (Å²) in [5.41, 5.74) is 14.7. The van der Waals surface area contributed by atoms with Gasteiger partial charge in [0.2, 0.25) is 0 Å². The lowest BCUT2D eigenvalue weighted by Crippen LogP contribution is -2.09. The van der Waals surface area contributed by atoms with Gasteiger partial charge in [-0.1, -0.05) is 170 Å². The molecule has 0 aliphatic heterocycles. The van der Waals surface area contributed by atoms with Crippen LogP contribution in [-0.2, 0) is 0 Å². The van der Waals surface area contributed by atoms with E-state index in [1.165, 1.54) is 38.6 Å². The predicted octanol–water partition coefficient (Wildman–Crippen LogP) is 15.4.